The van der Waals surface area contributed by atoms with Crippen molar-refractivity contribution in [2.45, 2.75) is 6.42 Å². The van der Waals surface area contributed by atoms with Gasteiger partial charge in [-0.25, -0.2) is 4.98 Å². The highest BCUT2D eigenvalue weighted by Gasteiger charge is 2.14. The molecule has 0 saturated carbocycles. The van der Waals surface area contributed by atoms with Crippen LogP contribution in [-0.4, -0.2) is 21.7 Å². The van der Waals surface area contributed by atoms with Crippen molar-refractivity contribution in [2.24, 2.45) is 5.73 Å². The van der Waals surface area contributed by atoms with E-state index in [4.69, 9.17) is 14.7 Å². The van der Waals surface area contributed by atoms with Gasteiger partial charge in [-0.2, -0.15) is 4.98 Å². The summed E-state index contributed by atoms with van der Waals surface area (Å²) in [5.74, 6) is 1.38. The van der Waals surface area contributed by atoms with Crippen LogP contribution in [0.2, 0.25) is 0 Å². The molecule has 0 atom stereocenters. The van der Waals surface area contributed by atoms with E-state index >= 15 is 0 Å². The number of nitrogens with two attached hydrogens (primary N) is 1. The summed E-state index contributed by atoms with van der Waals surface area (Å²) >= 11 is 1.53. The Kier molecular flexibility index (Phi) is 2.91. The molecule has 0 bridgehead atoms. The Morgan fingerprint density at radius 2 is 2.28 bits per heavy atom. The van der Waals surface area contributed by atoms with E-state index in [1.165, 1.54) is 11.3 Å². The van der Waals surface area contributed by atoms with Crippen LogP contribution in [0.5, 0.6) is 0 Å². The molecule has 0 aromatic carbocycles. The molecule has 3 rings (SSSR count). The van der Waals surface area contributed by atoms with E-state index in [2.05, 4.69) is 15.1 Å². The van der Waals surface area contributed by atoms with Gasteiger partial charge in [-0.1, -0.05) is 5.16 Å². The Labute approximate surface area is 106 Å². The highest BCUT2D eigenvalue weighted by atomic mass is 32.1. The molecule has 6 nitrogen and oxygen atoms in total. The van der Waals surface area contributed by atoms with Crippen LogP contribution < -0.4 is 5.73 Å². The van der Waals surface area contributed by atoms with E-state index in [1.807, 2.05) is 5.38 Å². The Balaban J connectivity index is 1.88. The van der Waals surface area contributed by atoms with Crippen molar-refractivity contribution in [1.29, 1.82) is 0 Å². The third-order valence-corrected chi connectivity index (χ3v) is 3.21. The summed E-state index contributed by atoms with van der Waals surface area (Å²) in [5.41, 5.74) is 6.15. The Morgan fingerprint density at radius 1 is 1.33 bits per heavy atom. The van der Waals surface area contributed by atoms with Crippen molar-refractivity contribution in [3.63, 3.8) is 0 Å². The number of furan rings is 1. The van der Waals surface area contributed by atoms with Crippen molar-refractivity contribution >= 4 is 11.3 Å². The van der Waals surface area contributed by atoms with Gasteiger partial charge >= 0.3 is 0 Å². The van der Waals surface area contributed by atoms with Crippen LogP contribution in [0.3, 0.4) is 0 Å². The predicted octanol–water partition coefficient (Wildman–Crippen LogP) is 1.95. The topological polar surface area (TPSA) is 91.0 Å². The average molecular weight is 262 g/mol. The monoisotopic (exact) mass is 262 g/mol. The second kappa shape index (κ2) is 4.71. The lowest BCUT2D eigenvalue weighted by Crippen LogP contribution is -2.01. The Bertz CT molecular complexity index is 629. The molecular weight excluding hydrogens is 252 g/mol. The minimum atomic E-state index is 0.390. The van der Waals surface area contributed by atoms with Crippen LogP contribution in [0.4, 0.5) is 0 Å². The van der Waals surface area contributed by atoms with E-state index in [0.717, 1.165) is 11.4 Å². The number of hydrogen-bond donors (Lipinski definition) is 1. The third kappa shape index (κ3) is 2.05. The van der Waals surface area contributed by atoms with Crippen LogP contribution in [-0.2, 0) is 6.42 Å². The SMILES string of the molecule is NCCc1nc(-c2nc(-c3ccco3)no2)cs1. The molecule has 0 unspecified atom stereocenters. The summed E-state index contributed by atoms with van der Waals surface area (Å²) in [7, 11) is 0. The zero-order chi connectivity index (χ0) is 12.4. The summed E-state index contributed by atoms with van der Waals surface area (Å²) < 4.78 is 10.4. The van der Waals surface area contributed by atoms with Gasteiger partial charge in [-0.3, -0.25) is 0 Å². The second-order valence-corrected chi connectivity index (χ2v) is 4.51. The number of hydrogen-bond acceptors (Lipinski definition) is 7. The molecule has 3 aromatic rings. The van der Waals surface area contributed by atoms with Gasteiger partial charge in [0, 0.05) is 11.8 Å². The molecule has 2 N–H and O–H groups in total. The minimum Gasteiger partial charge on any atom is -0.461 e. The summed E-state index contributed by atoms with van der Waals surface area (Å²) in [5, 5.41) is 6.69. The molecule has 0 radical (unpaired) electrons. The van der Waals surface area contributed by atoms with Gasteiger partial charge < -0.3 is 14.7 Å². The smallest absolute Gasteiger partial charge is 0.277 e. The molecular formula is C11H10N4O2S. The zero-order valence-electron chi connectivity index (χ0n) is 9.37. The lowest BCUT2D eigenvalue weighted by atomic mass is 10.4. The lowest BCUT2D eigenvalue weighted by molar-refractivity contribution is 0.428. The van der Waals surface area contributed by atoms with Gasteiger partial charge in [0.15, 0.2) is 5.76 Å². The Morgan fingerprint density at radius 3 is 3.06 bits per heavy atom. The predicted molar refractivity (Wildman–Crippen MR) is 65.9 cm³/mol. The van der Waals surface area contributed by atoms with Crippen molar-refractivity contribution in [1.82, 2.24) is 15.1 Å². The van der Waals surface area contributed by atoms with E-state index in [-0.39, 0.29) is 0 Å². The molecule has 0 aliphatic carbocycles. The molecule has 0 amide bonds. The van der Waals surface area contributed by atoms with Gasteiger partial charge in [-0.05, 0) is 18.7 Å². The normalized spacial score (nSPS) is 10.9. The molecule has 7 heteroatoms. The molecule has 0 aliphatic rings. The summed E-state index contributed by atoms with van der Waals surface area (Å²) in [6.07, 6.45) is 2.32. The van der Waals surface area contributed by atoms with Gasteiger partial charge in [0.25, 0.3) is 5.89 Å². The van der Waals surface area contributed by atoms with Crippen LogP contribution >= 0.6 is 11.3 Å². The molecule has 3 aromatic heterocycles. The maximum atomic E-state index is 5.48. The maximum Gasteiger partial charge on any atom is 0.277 e. The summed E-state index contributed by atoms with van der Waals surface area (Å²) in [6, 6.07) is 3.54. The second-order valence-electron chi connectivity index (χ2n) is 3.57. The van der Waals surface area contributed by atoms with E-state index in [9.17, 15) is 0 Å². The lowest BCUT2D eigenvalue weighted by Gasteiger charge is -1.87. The van der Waals surface area contributed by atoms with E-state index in [1.54, 1.807) is 18.4 Å². The Hall–Kier alpha value is -1.99. The van der Waals surface area contributed by atoms with Gasteiger partial charge in [-0.15, -0.1) is 11.3 Å². The number of thiazole rings is 1. The fraction of sp³-hybridized carbons (Fsp3) is 0.182. The fourth-order valence-electron chi connectivity index (χ4n) is 1.48. The van der Waals surface area contributed by atoms with Crippen molar-refractivity contribution < 1.29 is 8.94 Å². The minimum absolute atomic E-state index is 0.390. The highest BCUT2D eigenvalue weighted by molar-refractivity contribution is 7.09. The highest BCUT2D eigenvalue weighted by Crippen LogP contribution is 2.23. The van der Waals surface area contributed by atoms with Crippen molar-refractivity contribution in [3.05, 3.63) is 28.8 Å². The first-order valence-corrected chi connectivity index (χ1v) is 6.27. The van der Waals surface area contributed by atoms with Gasteiger partial charge in [0.05, 0.1) is 11.3 Å². The van der Waals surface area contributed by atoms with Crippen molar-refractivity contribution in [2.75, 3.05) is 6.54 Å². The quantitative estimate of drug-likeness (QED) is 0.772. The van der Waals surface area contributed by atoms with Crippen LogP contribution in [0.25, 0.3) is 23.2 Å². The maximum absolute atomic E-state index is 5.48. The van der Waals surface area contributed by atoms with Gasteiger partial charge in [0.2, 0.25) is 5.82 Å². The number of nitrogens with zero attached hydrogens (tertiary/aromatic N) is 3. The molecule has 3 heterocycles. The van der Waals surface area contributed by atoms with E-state index < -0.39 is 0 Å². The molecule has 18 heavy (non-hydrogen) atoms. The third-order valence-electron chi connectivity index (χ3n) is 2.30. The fourth-order valence-corrected chi connectivity index (χ4v) is 2.27. The van der Waals surface area contributed by atoms with Gasteiger partial charge in [0.1, 0.15) is 5.69 Å². The molecule has 0 saturated heterocycles. The largest absolute Gasteiger partial charge is 0.461 e. The van der Waals surface area contributed by atoms with Crippen LogP contribution in [0.1, 0.15) is 5.01 Å². The standard InChI is InChI=1S/C11H10N4O2S/c12-4-3-9-13-7(6-18-9)11-14-10(15-17-11)8-2-1-5-16-8/h1-2,5-6H,3-4,12H2. The van der Waals surface area contributed by atoms with Crippen LogP contribution in [0, 0.1) is 0 Å². The van der Waals surface area contributed by atoms with E-state index in [0.29, 0.717) is 29.7 Å². The number of aromatic nitrogens is 3. The molecule has 0 fully saturated rings. The number of rotatable bonds is 4. The molecule has 92 valence electrons. The summed E-state index contributed by atoms with van der Waals surface area (Å²) in [6.45, 7) is 0.578. The molecule has 0 spiro atoms. The first kappa shape index (κ1) is 11.1. The first-order chi connectivity index (χ1) is 8.86. The average Bonchev–Trinajstić information content (AvgIpc) is 3.10. The van der Waals surface area contributed by atoms with Crippen molar-refractivity contribution in [3.8, 4) is 23.2 Å². The molecule has 0 aliphatic heterocycles. The first-order valence-electron chi connectivity index (χ1n) is 5.39. The zero-order valence-corrected chi connectivity index (χ0v) is 10.2. The summed E-state index contributed by atoms with van der Waals surface area (Å²) in [4.78, 5) is 8.61. The van der Waals surface area contributed by atoms with Crippen LogP contribution in [0.15, 0.2) is 32.7 Å².